The Kier molecular flexibility index (Phi) is 7.93. The molecule has 40 heavy (non-hydrogen) atoms. The number of hydrogen-bond acceptors (Lipinski definition) is 7. The van der Waals surface area contributed by atoms with Gasteiger partial charge in [0.25, 0.3) is 5.56 Å². The molecule has 2 aromatic carbocycles. The Morgan fingerprint density at radius 1 is 1.10 bits per heavy atom. The van der Waals surface area contributed by atoms with Crippen LogP contribution in [-0.2, 0) is 11.3 Å². The average molecular weight is 543 g/mol. The number of pyridine rings is 1. The molecule has 6 rings (SSSR count). The largest absolute Gasteiger partial charge is 0.497 e. The first-order chi connectivity index (χ1) is 19.6. The molecule has 1 saturated carbocycles. The van der Waals surface area contributed by atoms with Crippen LogP contribution in [0.2, 0.25) is 0 Å². The second-order valence-corrected chi connectivity index (χ2v) is 11.2. The number of fused-ring (bicyclic) bond motifs is 1. The summed E-state index contributed by atoms with van der Waals surface area (Å²) in [5.74, 6) is 1.53. The van der Waals surface area contributed by atoms with E-state index in [0.717, 1.165) is 78.7 Å². The van der Waals surface area contributed by atoms with Gasteiger partial charge in [-0.05, 0) is 77.7 Å². The quantitative estimate of drug-likeness (QED) is 0.314. The van der Waals surface area contributed by atoms with E-state index >= 15 is 0 Å². The van der Waals surface area contributed by atoms with Crippen LogP contribution < -0.4 is 10.3 Å². The van der Waals surface area contributed by atoms with Gasteiger partial charge in [0.05, 0.1) is 24.8 Å². The first-order valence-electron chi connectivity index (χ1n) is 14.5. The Bertz CT molecular complexity index is 1490. The maximum Gasteiger partial charge on any atom is 0.253 e. The van der Waals surface area contributed by atoms with Crippen LogP contribution in [0.1, 0.15) is 79.5 Å². The van der Waals surface area contributed by atoms with Crippen LogP contribution in [0.15, 0.2) is 53.3 Å². The van der Waals surface area contributed by atoms with Gasteiger partial charge in [0.2, 0.25) is 0 Å². The molecule has 2 aromatic heterocycles. The summed E-state index contributed by atoms with van der Waals surface area (Å²) in [4.78, 5) is 19.4. The zero-order valence-corrected chi connectivity index (χ0v) is 23.4. The maximum absolute atomic E-state index is 13.9. The highest BCUT2D eigenvalue weighted by Gasteiger charge is 2.35. The van der Waals surface area contributed by atoms with Gasteiger partial charge in [0, 0.05) is 25.3 Å². The van der Waals surface area contributed by atoms with Crippen LogP contribution in [0.4, 0.5) is 0 Å². The standard InChI is InChI=1S/C31H38N6O3/c1-21-8-6-9-23-18-27(31(38)32-28(21)23)29(30-33-34-35-37(30)24-10-4-3-5-11-24)36(20-26-12-7-17-40-26)19-22-13-15-25(39-2)16-14-22/h6,8-9,13-16,18,24,26,29H,3-5,7,10-12,17,19-20H2,1-2H3,(H,32,38)/t26-,29-/m1/s1. The molecule has 0 radical (unpaired) electrons. The number of benzene rings is 2. The third-order valence-corrected chi connectivity index (χ3v) is 8.47. The summed E-state index contributed by atoms with van der Waals surface area (Å²) in [5.41, 5.74) is 3.56. The topological polar surface area (TPSA) is 98.2 Å². The Morgan fingerprint density at radius 3 is 2.67 bits per heavy atom. The van der Waals surface area contributed by atoms with Crippen molar-refractivity contribution in [2.24, 2.45) is 0 Å². The lowest BCUT2D eigenvalue weighted by molar-refractivity contribution is 0.0567. The lowest BCUT2D eigenvalue weighted by Gasteiger charge is -2.34. The van der Waals surface area contributed by atoms with Gasteiger partial charge in [-0.2, -0.15) is 0 Å². The molecule has 2 aliphatic rings. The number of aromatic nitrogens is 5. The van der Waals surface area contributed by atoms with Crippen LogP contribution in [0, 0.1) is 6.92 Å². The van der Waals surface area contributed by atoms with Gasteiger partial charge in [-0.25, -0.2) is 4.68 Å². The Morgan fingerprint density at radius 2 is 1.93 bits per heavy atom. The summed E-state index contributed by atoms with van der Waals surface area (Å²) in [5, 5.41) is 14.3. The Balaban J connectivity index is 1.49. The van der Waals surface area contributed by atoms with E-state index in [1.54, 1.807) is 7.11 Å². The minimum atomic E-state index is -0.447. The van der Waals surface area contributed by atoms with E-state index in [1.807, 2.05) is 41.9 Å². The predicted octanol–water partition coefficient (Wildman–Crippen LogP) is 5.11. The Labute approximate surface area is 234 Å². The first kappa shape index (κ1) is 26.7. The van der Waals surface area contributed by atoms with Crippen molar-refractivity contribution in [3.05, 3.63) is 81.4 Å². The van der Waals surface area contributed by atoms with E-state index in [1.165, 1.54) is 6.42 Å². The van der Waals surface area contributed by atoms with Crippen molar-refractivity contribution in [1.82, 2.24) is 30.1 Å². The molecule has 2 fully saturated rings. The zero-order valence-electron chi connectivity index (χ0n) is 23.4. The second-order valence-electron chi connectivity index (χ2n) is 11.2. The summed E-state index contributed by atoms with van der Waals surface area (Å²) >= 11 is 0. The minimum absolute atomic E-state index is 0.0848. The van der Waals surface area contributed by atoms with E-state index in [-0.39, 0.29) is 17.7 Å². The summed E-state index contributed by atoms with van der Waals surface area (Å²) in [6, 6.07) is 16.0. The summed E-state index contributed by atoms with van der Waals surface area (Å²) in [6.07, 6.45) is 7.77. The molecule has 0 amide bonds. The van der Waals surface area contributed by atoms with E-state index in [2.05, 4.69) is 43.6 Å². The molecule has 210 valence electrons. The van der Waals surface area contributed by atoms with E-state index in [0.29, 0.717) is 18.7 Å². The van der Waals surface area contributed by atoms with E-state index < -0.39 is 6.04 Å². The van der Waals surface area contributed by atoms with Gasteiger partial charge in [-0.3, -0.25) is 9.69 Å². The van der Waals surface area contributed by atoms with Crippen molar-refractivity contribution in [2.45, 2.75) is 76.6 Å². The van der Waals surface area contributed by atoms with Crippen molar-refractivity contribution in [3.63, 3.8) is 0 Å². The number of aromatic amines is 1. The molecule has 2 atom stereocenters. The highest BCUT2D eigenvalue weighted by atomic mass is 16.5. The molecule has 1 saturated heterocycles. The van der Waals surface area contributed by atoms with Gasteiger partial charge in [0.1, 0.15) is 11.8 Å². The highest BCUT2D eigenvalue weighted by Crippen LogP contribution is 2.35. The Hall–Kier alpha value is -3.56. The number of methoxy groups -OCH3 is 1. The number of nitrogens with one attached hydrogen (secondary N) is 1. The van der Waals surface area contributed by atoms with Gasteiger partial charge in [-0.1, -0.05) is 49.6 Å². The van der Waals surface area contributed by atoms with Crippen LogP contribution in [0.5, 0.6) is 5.75 Å². The number of para-hydroxylation sites is 1. The molecule has 0 unspecified atom stereocenters. The molecular formula is C31H38N6O3. The third kappa shape index (κ3) is 5.53. The van der Waals surface area contributed by atoms with Crippen molar-refractivity contribution >= 4 is 10.9 Å². The average Bonchev–Trinajstić information content (AvgIpc) is 3.68. The number of aryl methyl sites for hydroxylation is 1. The summed E-state index contributed by atoms with van der Waals surface area (Å²) in [6.45, 7) is 4.06. The molecule has 9 nitrogen and oxygen atoms in total. The van der Waals surface area contributed by atoms with Crippen molar-refractivity contribution in [3.8, 4) is 5.75 Å². The molecule has 1 aliphatic carbocycles. The van der Waals surface area contributed by atoms with Gasteiger partial charge < -0.3 is 14.5 Å². The van der Waals surface area contributed by atoms with E-state index in [4.69, 9.17) is 9.47 Å². The normalized spacial score (nSPS) is 18.9. The summed E-state index contributed by atoms with van der Waals surface area (Å²) < 4.78 is 13.5. The summed E-state index contributed by atoms with van der Waals surface area (Å²) in [7, 11) is 1.67. The first-order valence-corrected chi connectivity index (χ1v) is 14.5. The van der Waals surface area contributed by atoms with Gasteiger partial charge in [0.15, 0.2) is 5.82 Å². The molecule has 1 aliphatic heterocycles. The molecule has 0 spiro atoms. The molecule has 0 bridgehead atoms. The van der Waals surface area contributed by atoms with Crippen LogP contribution >= 0.6 is 0 Å². The van der Waals surface area contributed by atoms with Gasteiger partial charge >= 0.3 is 0 Å². The number of rotatable bonds is 9. The van der Waals surface area contributed by atoms with Crippen LogP contribution in [0.25, 0.3) is 10.9 Å². The maximum atomic E-state index is 13.9. The zero-order chi connectivity index (χ0) is 27.5. The monoisotopic (exact) mass is 542 g/mol. The lowest BCUT2D eigenvalue weighted by Crippen LogP contribution is -2.39. The number of hydrogen-bond donors (Lipinski definition) is 1. The molecule has 3 heterocycles. The minimum Gasteiger partial charge on any atom is -0.497 e. The number of H-pyrrole nitrogens is 1. The third-order valence-electron chi connectivity index (χ3n) is 8.47. The number of ether oxygens (including phenoxy) is 2. The van der Waals surface area contributed by atoms with Crippen LogP contribution in [-0.4, -0.2) is 56.5 Å². The van der Waals surface area contributed by atoms with Gasteiger partial charge in [-0.15, -0.1) is 5.10 Å². The fourth-order valence-corrected chi connectivity index (χ4v) is 6.35. The molecule has 4 aromatic rings. The van der Waals surface area contributed by atoms with E-state index in [9.17, 15) is 4.79 Å². The molecule has 9 heteroatoms. The number of tetrazole rings is 1. The lowest BCUT2D eigenvalue weighted by atomic mass is 9.94. The smallest absolute Gasteiger partial charge is 0.253 e. The predicted molar refractivity (Wildman–Crippen MR) is 153 cm³/mol. The van der Waals surface area contributed by atoms with Crippen molar-refractivity contribution in [2.75, 3.05) is 20.3 Å². The second kappa shape index (κ2) is 11.9. The molecule has 1 N–H and O–H groups in total. The fourth-order valence-electron chi connectivity index (χ4n) is 6.35. The molecular weight excluding hydrogens is 504 g/mol. The highest BCUT2D eigenvalue weighted by molar-refractivity contribution is 5.82. The SMILES string of the molecule is COc1ccc(CN(C[C@H]2CCCO2)[C@H](c2cc3cccc(C)c3[nH]c2=O)c2nnnn2C2CCCCC2)cc1. The van der Waals surface area contributed by atoms with Crippen molar-refractivity contribution in [1.29, 1.82) is 0 Å². The fraction of sp³-hybridized carbons (Fsp3) is 0.484. The number of nitrogens with zero attached hydrogens (tertiary/aromatic N) is 5. The van der Waals surface area contributed by atoms with Crippen molar-refractivity contribution < 1.29 is 9.47 Å². The van der Waals surface area contributed by atoms with Crippen LogP contribution in [0.3, 0.4) is 0 Å².